The molecule has 0 radical (unpaired) electrons. The standard InChI is InChI=1S/C14H16N2O4S/c1-3-14(2)12(19)16(13(20)15-14)8-10-5-4-9(21-10)6-7-11(17)18/h4-7H,3,8H2,1-2H3,(H,15,20)(H,17,18). The topological polar surface area (TPSA) is 86.7 Å². The van der Waals surface area contributed by atoms with E-state index in [4.69, 9.17) is 5.11 Å². The Labute approximate surface area is 126 Å². The minimum absolute atomic E-state index is 0.200. The van der Waals surface area contributed by atoms with E-state index in [1.54, 1.807) is 19.1 Å². The average molecular weight is 308 g/mol. The molecular formula is C14H16N2O4S. The van der Waals surface area contributed by atoms with Crippen LogP contribution >= 0.6 is 11.3 Å². The number of nitrogens with one attached hydrogen (secondary N) is 1. The summed E-state index contributed by atoms with van der Waals surface area (Å²) in [7, 11) is 0. The van der Waals surface area contributed by atoms with E-state index in [-0.39, 0.29) is 18.5 Å². The van der Waals surface area contributed by atoms with Crippen molar-refractivity contribution in [1.82, 2.24) is 10.2 Å². The Balaban J connectivity index is 2.10. The molecule has 1 aromatic rings. The van der Waals surface area contributed by atoms with Gasteiger partial charge in [0, 0.05) is 15.8 Å². The summed E-state index contributed by atoms with van der Waals surface area (Å²) in [5.41, 5.74) is -0.833. The van der Waals surface area contributed by atoms with Gasteiger partial charge in [0.05, 0.1) is 6.54 Å². The highest BCUT2D eigenvalue weighted by Gasteiger charge is 2.46. The Morgan fingerprint density at radius 2 is 2.19 bits per heavy atom. The molecule has 2 N–H and O–H groups in total. The van der Waals surface area contributed by atoms with E-state index in [1.165, 1.54) is 22.3 Å². The Morgan fingerprint density at radius 3 is 2.76 bits per heavy atom. The second-order valence-corrected chi connectivity index (χ2v) is 6.18. The highest BCUT2D eigenvalue weighted by Crippen LogP contribution is 2.25. The fraction of sp³-hybridized carbons (Fsp3) is 0.357. The van der Waals surface area contributed by atoms with Gasteiger partial charge in [-0.25, -0.2) is 9.59 Å². The molecule has 0 aromatic carbocycles. The zero-order chi connectivity index (χ0) is 15.6. The van der Waals surface area contributed by atoms with Crippen molar-refractivity contribution < 1.29 is 19.5 Å². The monoisotopic (exact) mass is 308 g/mol. The van der Waals surface area contributed by atoms with Crippen molar-refractivity contribution in [2.24, 2.45) is 0 Å². The van der Waals surface area contributed by atoms with Crippen molar-refractivity contribution in [2.45, 2.75) is 32.4 Å². The first-order valence-electron chi connectivity index (χ1n) is 6.49. The van der Waals surface area contributed by atoms with Gasteiger partial charge in [-0.05, 0) is 31.6 Å². The third kappa shape index (κ3) is 3.13. The van der Waals surface area contributed by atoms with Crippen LogP contribution in [0, 0.1) is 0 Å². The molecule has 2 rings (SSSR count). The van der Waals surface area contributed by atoms with E-state index in [0.717, 1.165) is 15.8 Å². The zero-order valence-corrected chi connectivity index (χ0v) is 12.6. The quantitative estimate of drug-likeness (QED) is 0.644. The number of carboxylic acids is 1. The molecule has 0 aliphatic carbocycles. The van der Waals surface area contributed by atoms with E-state index in [2.05, 4.69) is 5.32 Å². The maximum Gasteiger partial charge on any atom is 0.328 e. The van der Waals surface area contributed by atoms with Gasteiger partial charge < -0.3 is 10.4 Å². The largest absolute Gasteiger partial charge is 0.478 e. The Bertz CT molecular complexity index is 622. The number of rotatable bonds is 5. The average Bonchev–Trinajstić information content (AvgIpc) is 2.96. The molecule has 6 nitrogen and oxygen atoms in total. The van der Waals surface area contributed by atoms with Crippen LogP contribution < -0.4 is 5.32 Å². The van der Waals surface area contributed by atoms with Crippen molar-refractivity contribution in [1.29, 1.82) is 0 Å². The van der Waals surface area contributed by atoms with Gasteiger partial charge in [0.1, 0.15) is 5.54 Å². The van der Waals surface area contributed by atoms with Crippen molar-refractivity contribution in [3.63, 3.8) is 0 Å². The normalized spacial score (nSPS) is 22.1. The molecule has 3 amide bonds. The van der Waals surface area contributed by atoms with Gasteiger partial charge >= 0.3 is 12.0 Å². The molecular weight excluding hydrogens is 292 g/mol. The highest BCUT2D eigenvalue weighted by molar-refractivity contribution is 7.12. The summed E-state index contributed by atoms with van der Waals surface area (Å²) in [6, 6.07) is 3.16. The van der Waals surface area contributed by atoms with E-state index in [0.29, 0.717) is 6.42 Å². The molecule has 2 heterocycles. The lowest BCUT2D eigenvalue weighted by atomic mass is 9.99. The number of thiophene rings is 1. The summed E-state index contributed by atoms with van der Waals surface area (Å²) >= 11 is 1.35. The van der Waals surface area contributed by atoms with E-state index >= 15 is 0 Å². The summed E-state index contributed by atoms with van der Waals surface area (Å²) < 4.78 is 0. The molecule has 1 saturated heterocycles. The van der Waals surface area contributed by atoms with Gasteiger partial charge in [-0.1, -0.05) is 6.92 Å². The maximum absolute atomic E-state index is 12.3. The molecule has 0 spiro atoms. The second kappa shape index (κ2) is 5.69. The van der Waals surface area contributed by atoms with Crippen molar-refractivity contribution in [2.75, 3.05) is 0 Å². The van der Waals surface area contributed by atoms with Crippen LogP contribution in [0.3, 0.4) is 0 Å². The van der Waals surface area contributed by atoms with Gasteiger partial charge in [-0.3, -0.25) is 9.69 Å². The van der Waals surface area contributed by atoms with Crippen LogP contribution in [-0.4, -0.2) is 33.5 Å². The lowest BCUT2D eigenvalue weighted by molar-refractivity contribution is -0.132. The molecule has 7 heteroatoms. The van der Waals surface area contributed by atoms with Crippen LogP contribution in [-0.2, 0) is 16.1 Å². The van der Waals surface area contributed by atoms with Crippen molar-refractivity contribution in [3.8, 4) is 0 Å². The number of hydrogen-bond acceptors (Lipinski definition) is 4. The SMILES string of the molecule is CCC1(C)NC(=O)N(Cc2ccc(C=CC(=O)O)s2)C1=O. The van der Waals surface area contributed by atoms with Crippen LogP contribution in [0.4, 0.5) is 4.79 Å². The number of carbonyl (C=O) groups excluding carboxylic acids is 2. The molecule has 1 aliphatic heterocycles. The lowest BCUT2D eigenvalue weighted by Gasteiger charge is -2.18. The molecule has 1 aromatic heterocycles. The summed E-state index contributed by atoms with van der Waals surface area (Å²) in [5.74, 6) is -1.25. The first-order valence-corrected chi connectivity index (χ1v) is 7.31. The Hall–Kier alpha value is -2.15. The lowest BCUT2D eigenvalue weighted by Crippen LogP contribution is -2.43. The van der Waals surface area contributed by atoms with E-state index in [9.17, 15) is 14.4 Å². The second-order valence-electron chi connectivity index (χ2n) is 4.98. The maximum atomic E-state index is 12.3. The number of hydrogen-bond donors (Lipinski definition) is 2. The fourth-order valence-corrected chi connectivity index (χ4v) is 2.91. The van der Waals surface area contributed by atoms with Crippen LogP contribution in [0.2, 0.25) is 0 Å². The number of amides is 3. The van der Waals surface area contributed by atoms with E-state index < -0.39 is 11.5 Å². The number of aliphatic carboxylic acids is 1. The number of imide groups is 1. The predicted octanol–water partition coefficient (Wildman–Crippen LogP) is 2.07. The van der Waals surface area contributed by atoms with Crippen LogP contribution in [0.25, 0.3) is 6.08 Å². The van der Waals surface area contributed by atoms with Gasteiger partial charge in [0.15, 0.2) is 0 Å². The summed E-state index contributed by atoms with van der Waals surface area (Å²) in [6.07, 6.45) is 3.07. The molecule has 21 heavy (non-hydrogen) atoms. The number of carboxylic acid groups (broad SMARTS) is 1. The number of carbonyl (C=O) groups is 3. The van der Waals surface area contributed by atoms with E-state index in [1.807, 2.05) is 6.92 Å². The smallest absolute Gasteiger partial charge is 0.328 e. The number of urea groups is 1. The minimum Gasteiger partial charge on any atom is -0.478 e. The molecule has 0 bridgehead atoms. The minimum atomic E-state index is -1.02. The molecule has 0 saturated carbocycles. The first-order chi connectivity index (χ1) is 9.85. The fourth-order valence-electron chi connectivity index (χ4n) is 2.01. The van der Waals surface area contributed by atoms with Crippen LogP contribution in [0.1, 0.15) is 30.0 Å². The van der Waals surface area contributed by atoms with Gasteiger partial charge in [0.25, 0.3) is 5.91 Å². The third-order valence-corrected chi connectivity index (χ3v) is 4.47. The third-order valence-electron chi connectivity index (χ3n) is 3.44. The Morgan fingerprint density at radius 1 is 1.48 bits per heavy atom. The summed E-state index contributed by atoms with van der Waals surface area (Å²) in [6.45, 7) is 3.76. The number of nitrogens with zero attached hydrogens (tertiary/aromatic N) is 1. The predicted molar refractivity (Wildman–Crippen MR) is 78.8 cm³/mol. The zero-order valence-electron chi connectivity index (χ0n) is 11.8. The van der Waals surface area contributed by atoms with Crippen LogP contribution in [0.5, 0.6) is 0 Å². The molecule has 112 valence electrons. The molecule has 1 unspecified atom stereocenters. The summed E-state index contributed by atoms with van der Waals surface area (Å²) in [5, 5.41) is 11.3. The molecule has 1 aliphatic rings. The highest BCUT2D eigenvalue weighted by atomic mass is 32.1. The molecule has 1 atom stereocenters. The van der Waals surface area contributed by atoms with Crippen molar-refractivity contribution in [3.05, 3.63) is 28.0 Å². The molecule has 1 fully saturated rings. The van der Waals surface area contributed by atoms with Gasteiger partial charge in [-0.15, -0.1) is 11.3 Å². The van der Waals surface area contributed by atoms with Crippen LogP contribution in [0.15, 0.2) is 18.2 Å². The first kappa shape index (κ1) is 15.2. The Kier molecular flexibility index (Phi) is 4.13. The van der Waals surface area contributed by atoms with Crippen molar-refractivity contribution >= 4 is 35.3 Å². The summed E-state index contributed by atoms with van der Waals surface area (Å²) in [4.78, 5) is 37.4. The van der Waals surface area contributed by atoms with Gasteiger partial charge in [0.2, 0.25) is 0 Å². The van der Waals surface area contributed by atoms with Gasteiger partial charge in [-0.2, -0.15) is 0 Å².